The van der Waals surface area contributed by atoms with Crippen LogP contribution in [0.5, 0.6) is 5.75 Å². The van der Waals surface area contributed by atoms with Gasteiger partial charge in [0.05, 0.1) is 0 Å². The highest BCUT2D eigenvalue weighted by molar-refractivity contribution is 9.10. The van der Waals surface area contributed by atoms with Gasteiger partial charge in [0.1, 0.15) is 12.4 Å². The van der Waals surface area contributed by atoms with Crippen molar-refractivity contribution in [1.82, 2.24) is 5.32 Å². The number of hydrogen-bond acceptors (Lipinski definition) is 2. The fourth-order valence-electron chi connectivity index (χ4n) is 1.52. The van der Waals surface area contributed by atoms with E-state index in [1.807, 2.05) is 19.2 Å². The summed E-state index contributed by atoms with van der Waals surface area (Å²) in [6.45, 7) is 1.57. The highest BCUT2D eigenvalue weighted by Gasteiger charge is 2.10. The molecule has 0 unspecified atom stereocenters. The Bertz CT molecular complexity index is 374. The van der Waals surface area contributed by atoms with Crippen LogP contribution in [-0.4, -0.2) is 20.2 Å². The smallest absolute Gasteiger partial charge is 0.127 e. The largest absolute Gasteiger partial charge is 0.489 e. The summed E-state index contributed by atoms with van der Waals surface area (Å²) in [6.07, 6.45) is 2.18. The Morgan fingerprint density at radius 2 is 2.36 bits per heavy atom. The topological polar surface area (TPSA) is 21.3 Å². The molecule has 0 radical (unpaired) electrons. The van der Waals surface area contributed by atoms with Gasteiger partial charge in [0.25, 0.3) is 0 Å². The van der Waals surface area contributed by atoms with Crippen LogP contribution < -0.4 is 10.1 Å². The summed E-state index contributed by atoms with van der Waals surface area (Å²) >= 11 is 3.45. The Kier molecular flexibility index (Phi) is 2.89. The molecule has 74 valence electrons. The fourth-order valence-corrected chi connectivity index (χ4v) is 1.90. The van der Waals surface area contributed by atoms with Gasteiger partial charge in [-0.1, -0.05) is 15.9 Å². The summed E-state index contributed by atoms with van der Waals surface area (Å²) in [7, 11) is 1.94. The number of hydrogen-bond donors (Lipinski definition) is 1. The van der Waals surface area contributed by atoms with Crippen LogP contribution in [0, 0.1) is 0 Å². The van der Waals surface area contributed by atoms with E-state index in [0.717, 1.165) is 22.3 Å². The maximum absolute atomic E-state index is 5.61. The molecule has 1 aromatic carbocycles. The first-order chi connectivity index (χ1) is 6.79. The SMILES string of the molecule is CNCC1=Cc2cc(Br)ccc2OC1. The molecule has 2 nitrogen and oxygen atoms in total. The maximum Gasteiger partial charge on any atom is 0.127 e. The van der Waals surface area contributed by atoms with Crippen molar-refractivity contribution >= 4 is 22.0 Å². The fraction of sp³-hybridized carbons (Fsp3) is 0.273. The molecule has 0 atom stereocenters. The number of rotatable bonds is 2. The molecule has 0 fully saturated rings. The zero-order valence-corrected chi connectivity index (χ0v) is 9.60. The number of nitrogens with one attached hydrogen (secondary N) is 1. The molecule has 14 heavy (non-hydrogen) atoms. The molecule has 0 saturated carbocycles. The van der Waals surface area contributed by atoms with Crippen molar-refractivity contribution in [3.05, 3.63) is 33.8 Å². The maximum atomic E-state index is 5.61. The molecule has 0 amide bonds. The molecule has 3 heteroatoms. The summed E-state index contributed by atoms with van der Waals surface area (Å²) in [6, 6.07) is 6.06. The van der Waals surface area contributed by atoms with Crippen LogP contribution >= 0.6 is 15.9 Å². The molecule has 2 rings (SSSR count). The third kappa shape index (κ3) is 1.99. The quantitative estimate of drug-likeness (QED) is 0.875. The Labute approximate surface area is 92.1 Å². The summed E-state index contributed by atoms with van der Waals surface area (Å²) in [5.74, 6) is 0.966. The minimum atomic E-state index is 0.690. The van der Waals surface area contributed by atoms with Gasteiger partial charge in [-0.15, -0.1) is 0 Å². The first-order valence-electron chi connectivity index (χ1n) is 4.56. The third-order valence-electron chi connectivity index (χ3n) is 2.15. The predicted molar refractivity (Wildman–Crippen MR) is 61.5 cm³/mol. The molecule has 1 aliphatic heterocycles. The van der Waals surface area contributed by atoms with Gasteiger partial charge in [0.15, 0.2) is 0 Å². The molecule has 1 aromatic rings. The van der Waals surface area contributed by atoms with E-state index >= 15 is 0 Å². The third-order valence-corrected chi connectivity index (χ3v) is 2.64. The summed E-state index contributed by atoms with van der Waals surface area (Å²) in [4.78, 5) is 0. The Hall–Kier alpha value is -0.800. The van der Waals surface area contributed by atoms with E-state index in [1.54, 1.807) is 0 Å². The first kappa shape index (κ1) is 9.74. The van der Waals surface area contributed by atoms with Gasteiger partial charge in [-0.3, -0.25) is 0 Å². The van der Waals surface area contributed by atoms with Crippen LogP contribution in [0.2, 0.25) is 0 Å². The average molecular weight is 254 g/mol. The van der Waals surface area contributed by atoms with Gasteiger partial charge in [-0.05, 0) is 36.9 Å². The molecule has 1 aliphatic rings. The zero-order valence-electron chi connectivity index (χ0n) is 8.01. The second-order valence-electron chi connectivity index (χ2n) is 3.30. The molecule has 0 spiro atoms. The highest BCUT2D eigenvalue weighted by atomic mass is 79.9. The van der Waals surface area contributed by atoms with Crippen molar-refractivity contribution in [3.63, 3.8) is 0 Å². The van der Waals surface area contributed by atoms with Crippen LogP contribution in [-0.2, 0) is 0 Å². The van der Waals surface area contributed by atoms with Crippen LogP contribution in [0.15, 0.2) is 28.2 Å². The van der Waals surface area contributed by atoms with Gasteiger partial charge >= 0.3 is 0 Å². The lowest BCUT2D eigenvalue weighted by Gasteiger charge is -2.17. The van der Waals surface area contributed by atoms with Gasteiger partial charge in [-0.25, -0.2) is 0 Å². The highest BCUT2D eigenvalue weighted by Crippen LogP contribution is 2.28. The first-order valence-corrected chi connectivity index (χ1v) is 5.35. The average Bonchev–Trinajstić information content (AvgIpc) is 2.17. The number of fused-ring (bicyclic) bond motifs is 1. The number of ether oxygens (including phenoxy) is 1. The van der Waals surface area contributed by atoms with Crippen molar-refractivity contribution in [1.29, 1.82) is 0 Å². The Morgan fingerprint density at radius 3 is 3.14 bits per heavy atom. The van der Waals surface area contributed by atoms with Crippen LogP contribution in [0.25, 0.3) is 6.08 Å². The monoisotopic (exact) mass is 253 g/mol. The number of likely N-dealkylation sites (N-methyl/N-ethyl adjacent to an activating group) is 1. The van der Waals surface area contributed by atoms with Crippen molar-refractivity contribution in [2.24, 2.45) is 0 Å². The van der Waals surface area contributed by atoms with Crippen LogP contribution in [0.3, 0.4) is 0 Å². The van der Waals surface area contributed by atoms with Crippen molar-refractivity contribution < 1.29 is 4.74 Å². The van der Waals surface area contributed by atoms with E-state index in [0.29, 0.717) is 6.61 Å². The molecule has 0 bridgehead atoms. The lowest BCUT2D eigenvalue weighted by atomic mass is 10.1. The second kappa shape index (κ2) is 4.15. The van der Waals surface area contributed by atoms with Crippen LogP contribution in [0.4, 0.5) is 0 Å². The van der Waals surface area contributed by atoms with Crippen molar-refractivity contribution in [2.75, 3.05) is 20.2 Å². The van der Waals surface area contributed by atoms with Gasteiger partial charge < -0.3 is 10.1 Å². The molecular formula is C11H12BrNO. The van der Waals surface area contributed by atoms with Crippen LogP contribution in [0.1, 0.15) is 5.56 Å². The minimum Gasteiger partial charge on any atom is -0.489 e. The number of benzene rings is 1. The van der Waals surface area contributed by atoms with E-state index in [2.05, 4.69) is 33.4 Å². The normalized spacial score (nSPS) is 14.3. The molecule has 0 aromatic heterocycles. The Morgan fingerprint density at radius 1 is 1.50 bits per heavy atom. The minimum absolute atomic E-state index is 0.690. The molecule has 1 N–H and O–H groups in total. The van der Waals surface area contributed by atoms with E-state index in [-0.39, 0.29) is 0 Å². The van der Waals surface area contributed by atoms with Gasteiger partial charge in [0, 0.05) is 16.6 Å². The lowest BCUT2D eigenvalue weighted by Crippen LogP contribution is -2.17. The molecule has 0 aliphatic carbocycles. The van der Waals surface area contributed by atoms with E-state index in [1.165, 1.54) is 5.57 Å². The van der Waals surface area contributed by atoms with E-state index in [4.69, 9.17) is 4.74 Å². The summed E-state index contributed by atoms with van der Waals surface area (Å²) in [5, 5.41) is 3.12. The number of halogens is 1. The lowest BCUT2D eigenvalue weighted by molar-refractivity contribution is 0.344. The molecule has 1 heterocycles. The zero-order chi connectivity index (χ0) is 9.97. The van der Waals surface area contributed by atoms with E-state index < -0.39 is 0 Å². The van der Waals surface area contributed by atoms with E-state index in [9.17, 15) is 0 Å². The molecule has 0 saturated heterocycles. The second-order valence-corrected chi connectivity index (χ2v) is 4.22. The molecular weight excluding hydrogens is 242 g/mol. The summed E-state index contributed by atoms with van der Waals surface area (Å²) < 4.78 is 6.70. The Balaban J connectivity index is 2.32. The standard InChI is InChI=1S/C11H12BrNO/c1-13-6-8-4-9-5-10(12)2-3-11(9)14-7-8/h2-5,13H,6-7H2,1H3. The summed E-state index contributed by atoms with van der Waals surface area (Å²) in [5.41, 5.74) is 2.42. The van der Waals surface area contributed by atoms with Crippen molar-refractivity contribution in [2.45, 2.75) is 0 Å². The van der Waals surface area contributed by atoms with Crippen molar-refractivity contribution in [3.8, 4) is 5.75 Å². The van der Waals surface area contributed by atoms with Gasteiger partial charge in [0.2, 0.25) is 0 Å². The van der Waals surface area contributed by atoms with Gasteiger partial charge in [-0.2, -0.15) is 0 Å². The predicted octanol–water partition coefficient (Wildman–Crippen LogP) is 2.44.